The Morgan fingerprint density at radius 2 is 1.53 bits per heavy atom. The van der Waals surface area contributed by atoms with E-state index in [4.69, 9.17) is 4.55 Å². The predicted octanol–water partition coefficient (Wildman–Crippen LogP) is -0.0878. The minimum Gasteiger partial charge on any atom is -0.323 e. The van der Waals surface area contributed by atoms with E-state index in [2.05, 4.69) is 4.18 Å². The van der Waals surface area contributed by atoms with Crippen molar-refractivity contribution in [1.29, 1.82) is 0 Å². The molecule has 2 heterocycles. The third-order valence-corrected chi connectivity index (χ3v) is 4.95. The average Bonchev–Trinajstić information content (AvgIpc) is 3.16. The Balaban J connectivity index is 1.74. The van der Waals surface area contributed by atoms with Gasteiger partial charge in [0.1, 0.15) is 6.04 Å². The molecule has 158 valence electrons. The molecule has 1 atom stereocenters. The van der Waals surface area contributed by atoms with Gasteiger partial charge in [0, 0.05) is 25.0 Å². The first-order valence-electron chi connectivity index (χ1n) is 8.77. The molecule has 1 aromatic rings. The van der Waals surface area contributed by atoms with Gasteiger partial charge in [0.25, 0.3) is 11.8 Å². The number of carbonyl (C=O) groups is 5. The largest absolute Gasteiger partial charge is 0.449 e. The molecule has 12 heteroatoms. The van der Waals surface area contributed by atoms with Crippen LogP contribution in [0.5, 0.6) is 0 Å². The SMILES string of the molecule is O=C(OS(=O)(=O)O)C(CCc1ccc(N2C(=O)C=CC2=O)cc1)N1C(=O)CCC1=O. The average molecular weight is 436 g/mol. The molecule has 1 N–H and O–H groups in total. The van der Waals surface area contributed by atoms with E-state index in [0.29, 0.717) is 16.2 Å². The highest BCUT2D eigenvalue weighted by atomic mass is 32.3. The fourth-order valence-electron chi connectivity index (χ4n) is 3.22. The quantitative estimate of drug-likeness (QED) is 0.456. The first-order chi connectivity index (χ1) is 14.1. The van der Waals surface area contributed by atoms with Crippen LogP contribution in [-0.4, -0.2) is 53.5 Å². The number of hydrogen-bond acceptors (Lipinski definition) is 8. The van der Waals surface area contributed by atoms with Crippen LogP contribution < -0.4 is 4.90 Å². The zero-order valence-corrected chi connectivity index (χ0v) is 16.2. The number of imide groups is 2. The van der Waals surface area contributed by atoms with Crippen LogP contribution in [0.4, 0.5) is 5.69 Å². The molecule has 0 aliphatic carbocycles. The van der Waals surface area contributed by atoms with Gasteiger partial charge in [0.15, 0.2) is 0 Å². The summed E-state index contributed by atoms with van der Waals surface area (Å²) in [5.74, 6) is -3.70. The molecular formula is C18H16N2O9S. The lowest BCUT2D eigenvalue weighted by atomic mass is 10.0. The fourth-order valence-corrected chi connectivity index (χ4v) is 3.54. The molecule has 1 aromatic carbocycles. The summed E-state index contributed by atoms with van der Waals surface area (Å²) >= 11 is 0. The molecule has 0 spiro atoms. The predicted molar refractivity (Wildman–Crippen MR) is 98.9 cm³/mol. The van der Waals surface area contributed by atoms with Gasteiger partial charge in [0.2, 0.25) is 11.8 Å². The van der Waals surface area contributed by atoms with Gasteiger partial charge in [-0.3, -0.25) is 28.6 Å². The summed E-state index contributed by atoms with van der Waals surface area (Å²) in [7, 11) is -5.12. The van der Waals surface area contributed by atoms with Crippen molar-refractivity contribution in [3.8, 4) is 0 Å². The smallest absolute Gasteiger partial charge is 0.323 e. The minimum atomic E-state index is -5.12. The number of amides is 4. The highest BCUT2D eigenvalue weighted by Crippen LogP contribution is 2.23. The monoisotopic (exact) mass is 436 g/mol. The first kappa shape index (κ1) is 21.3. The third-order valence-electron chi connectivity index (χ3n) is 4.57. The van der Waals surface area contributed by atoms with Gasteiger partial charge >= 0.3 is 16.4 Å². The van der Waals surface area contributed by atoms with E-state index in [1.807, 2.05) is 0 Å². The molecule has 0 aromatic heterocycles. The number of rotatable bonds is 7. The van der Waals surface area contributed by atoms with Gasteiger partial charge in [-0.05, 0) is 30.5 Å². The van der Waals surface area contributed by atoms with Crippen molar-refractivity contribution in [3.63, 3.8) is 0 Å². The molecule has 0 saturated carbocycles. The Labute approximate surface area is 170 Å². The van der Waals surface area contributed by atoms with Crippen molar-refractivity contribution in [3.05, 3.63) is 42.0 Å². The van der Waals surface area contributed by atoms with Crippen LogP contribution >= 0.6 is 0 Å². The van der Waals surface area contributed by atoms with Crippen molar-refractivity contribution < 1.29 is 41.1 Å². The number of likely N-dealkylation sites (tertiary alicyclic amines) is 1. The molecule has 4 amide bonds. The van der Waals surface area contributed by atoms with Gasteiger partial charge in [-0.1, -0.05) is 12.1 Å². The van der Waals surface area contributed by atoms with E-state index in [1.54, 1.807) is 12.1 Å². The lowest BCUT2D eigenvalue weighted by Crippen LogP contribution is -2.46. The van der Waals surface area contributed by atoms with E-state index < -0.39 is 46.0 Å². The second-order valence-electron chi connectivity index (χ2n) is 6.55. The highest BCUT2D eigenvalue weighted by molar-refractivity contribution is 7.81. The van der Waals surface area contributed by atoms with Crippen molar-refractivity contribution in [1.82, 2.24) is 4.90 Å². The standard InChI is InChI=1S/C18H16N2O9S/c21-14-7-8-15(22)19(14)12-4-1-11(2-5-12)3-6-13(18(25)29-30(26,27)28)20-16(23)9-10-17(20)24/h1-2,4-5,7-8,13H,3,6,9-10H2,(H,26,27,28). The zero-order chi connectivity index (χ0) is 22.1. The van der Waals surface area contributed by atoms with Crippen LogP contribution in [0, 0.1) is 0 Å². The maximum Gasteiger partial charge on any atom is 0.449 e. The second kappa shape index (κ2) is 8.16. The van der Waals surface area contributed by atoms with Crippen LogP contribution in [0.3, 0.4) is 0 Å². The number of anilines is 1. The number of hydrogen-bond donors (Lipinski definition) is 1. The Morgan fingerprint density at radius 1 is 1.00 bits per heavy atom. The summed E-state index contributed by atoms with van der Waals surface area (Å²) in [6.45, 7) is 0. The topological polar surface area (TPSA) is 155 Å². The van der Waals surface area contributed by atoms with E-state index in [9.17, 15) is 32.4 Å². The molecule has 2 aliphatic heterocycles. The van der Waals surface area contributed by atoms with Gasteiger partial charge in [0.05, 0.1) is 5.69 Å². The highest BCUT2D eigenvalue weighted by Gasteiger charge is 2.40. The number of nitrogens with zero attached hydrogens (tertiary/aromatic N) is 2. The summed E-state index contributed by atoms with van der Waals surface area (Å²) in [6, 6.07) is 4.64. The van der Waals surface area contributed by atoms with Crippen LogP contribution in [0.2, 0.25) is 0 Å². The molecule has 3 rings (SSSR count). The van der Waals surface area contributed by atoms with Crippen LogP contribution in [0.1, 0.15) is 24.8 Å². The maximum atomic E-state index is 12.2. The second-order valence-corrected chi connectivity index (χ2v) is 7.58. The molecule has 1 fully saturated rings. The van der Waals surface area contributed by atoms with Crippen molar-refractivity contribution in [2.24, 2.45) is 0 Å². The molecule has 30 heavy (non-hydrogen) atoms. The summed E-state index contributed by atoms with van der Waals surface area (Å²) in [5.41, 5.74) is 0.959. The van der Waals surface area contributed by atoms with E-state index >= 15 is 0 Å². The molecule has 1 saturated heterocycles. The van der Waals surface area contributed by atoms with Gasteiger partial charge in [-0.2, -0.15) is 8.42 Å². The van der Waals surface area contributed by atoms with Crippen LogP contribution in [-0.2, 0) is 45.0 Å². The number of benzene rings is 1. The van der Waals surface area contributed by atoms with Crippen molar-refractivity contribution in [2.45, 2.75) is 31.7 Å². The van der Waals surface area contributed by atoms with Gasteiger partial charge < -0.3 is 4.18 Å². The summed E-state index contributed by atoms with van der Waals surface area (Å²) < 4.78 is 34.5. The van der Waals surface area contributed by atoms with Gasteiger partial charge in [-0.25, -0.2) is 9.69 Å². The first-order valence-corrected chi connectivity index (χ1v) is 10.1. The number of aryl methyl sites for hydroxylation is 1. The van der Waals surface area contributed by atoms with Gasteiger partial charge in [-0.15, -0.1) is 0 Å². The van der Waals surface area contributed by atoms with Crippen molar-refractivity contribution >= 4 is 45.7 Å². The molecule has 0 radical (unpaired) electrons. The van der Waals surface area contributed by atoms with E-state index in [-0.39, 0.29) is 25.7 Å². The zero-order valence-electron chi connectivity index (χ0n) is 15.4. The fraction of sp³-hybridized carbons (Fsp3) is 0.278. The number of carbonyl (C=O) groups excluding carboxylic acids is 5. The van der Waals surface area contributed by atoms with Crippen LogP contribution in [0.25, 0.3) is 0 Å². The van der Waals surface area contributed by atoms with E-state index in [0.717, 1.165) is 17.1 Å². The normalized spacial score (nSPS) is 17.8. The van der Waals surface area contributed by atoms with E-state index in [1.165, 1.54) is 12.1 Å². The molecule has 1 unspecified atom stereocenters. The summed E-state index contributed by atoms with van der Waals surface area (Å²) in [4.78, 5) is 61.1. The summed E-state index contributed by atoms with van der Waals surface area (Å²) in [5, 5.41) is 0. The summed E-state index contributed by atoms with van der Waals surface area (Å²) in [6.07, 6.45) is 2.03. The van der Waals surface area contributed by atoms with Crippen LogP contribution in [0.15, 0.2) is 36.4 Å². The third kappa shape index (κ3) is 4.60. The lowest BCUT2D eigenvalue weighted by molar-refractivity contribution is -0.152. The van der Waals surface area contributed by atoms with Crippen molar-refractivity contribution in [2.75, 3.05) is 4.90 Å². The molecule has 0 bridgehead atoms. The Bertz CT molecular complexity index is 1030. The molecular weight excluding hydrogens is 420 g/mol. The Morgan fingerprint density at radius 3 is 2.03 bits per heavy atom. The maximum absolute atomic E-state index is 12.2. The lowest BCUT2D eigenvalue weighted by Gasteiger charge is -2.23. The minimum absolute atomic E-state index is 0.116. The Hall–Kier alpha value is -3.38. The molecule has 11 nitrogen and oxygen atoms in total. The Kier molecular flexibility index (Phi) is 5.80. The molecule has 2 aliphatic rings.